The smallest absolute Gasteiger partial charge is 0.413 e. The van der Waals surface area contributed by atoms with Crippen LogP contribution in [0.4, 0.5) is 10.6 Å². The van der Waals surface area contributed by atoms with Crippen molar-refractivity contribution in [3.05, 3.63) is 34.4 Å². The summed E-state index contributed by atoms with van der Waals surface area (Å²) in [6.07, 6.45) is 1.14. The topological polar surface area (TPSA) is 107 Å². The predicted molar refractivity (Wildman–Crippen MR) is 103 cm³/mol. The minimum absolute atomic E-state index is 0.102. The van der Waals surface area contributed by atoms with Crippen LogP contribution in [0.15, 0.2) is 24.4 Å². The van der Waals surface area contributed by atoms with E-state index in [-0.39, 0.29) is 27.4 Å². The number of nitrogens with zero attached hydrogens (tertiary/aromatic N) is 2. The number of rotatable bonds is 4. The van der Waals surface area contributed by atoms with Crippen molar-refractivity contribution >= 4 is 45.2 Å². The highest BCUT2D eigenvalue weighted by molar-refractivity contribution is 7.86. The molecule has 0 saturated heterocycles. The summed E-state index contributed by atoms with van der Waals surface area (Å²) in [5.74, 6) is -0.431. The summed E-state index contributed by atoms with van der Waals surface area (Å²) in [6, 6.07) is 4.85. The van der Waals surface area contributed by atoms with Crippen molar-refractivity contribution in [2.45, 2.75) is 26.4 Å². The maximum atomic E-state index is 12.1. The molecule has 0 radical (unpaired) electrons. The molecule has 0 saturated carbocycles. The second kappa shape index (κ2) is 7.87. The van der Waals surface area contributed by atoms with E-state index in [9.17, 15) is 13.2 Å². The van der Waals surface area contributed by atoms with E-state index < -0.39 is 21.8 Å². The molecular weight excluding hydrogens is 417 g/mol. The Hall–Kier alpha value is -2.10. The number of amides is 1. The van der Waals surface area contributed by atoms with Crippen LogP contribution in [0.1, 0.15) is 20.8 Å². The monoisotopic (exact) mass is 433 g/mol. The maximum Gasteiger partial charge on any atom is 0.413 e. The fourth-order valence-corrected chi connectivity index (χ4v) is 2.72. The lowest BCUT2D eigenvalue weighted by molar-refractivity contribution is 0.0635. The van der Waals surface area contributed by atoms with Gasteiger partial charge in [-0.3, -0.25) is 5.32 Å². The van der Waals surface area contributed by atoms with Crippen LogP contribution in [0.3, 0.4) is 0 Å². The molecule has 0 aliphatic carbocycles. The molecule has 0 unspecified atom stereocenters. The van der Waals surface area contributed by atoms with E-state index in [4.69, 9.17) is 32.1 Å². The number of hydrogen-bond acceptors (Lipinski definition) is 7. The predicted octanol–water partition coefficient (Wildman–Crippen LogP) is 4.14. The Kier molecular flexibility index (Phi) is 6.18. The molecule has 2 rings (SSSR count). The van der Waals surface area contributed by atoms with Gasteiger partial charge in [0.1, 0.15) is 11.3 Å². The second-order valence-corrected chi connectivity index (χ2v) is 8.78. The molecule has 8 nitrogen and oxygen atoms in total. The van der Waals surface area contributed by atoms with Crippen molar-refractivity contribution in [3.63, 3.8) is 0 Å². The Labute approximate surface area is 166 Å². The number of aromatic nitrogens is 2. The van der Waals surface area contributed by atoms with Crippen molar-refractivity contribution in [3.8, 4) is 17.1 Å². The fraction of sp³-hybridized carbons (Fsp3) is 0.312. The van der Waals surface area contributed by atoms with Crippen molar-refractivity contribution in [2.75, 3.05) is 11.6 Å². The average molecular weight is 434 g/mol. The van der Waals surface area contributed by atoms with Gasteiger partial charge >= 0.3 is 16.2 Å². The van der Waals surface area contributed by atoms with Gasteiger partial charge in [0.15, 0.2) is 5.82 Å². The summed E-state index contributed by atoms with van der Waals surface area (Å²) in [6.45, 7) is 5.07. The minimum Gasteiger partial charge on any atom is -0.444 e. The number of hydrogen-bond donors (Lipinski definition) is 1. The molecule has 0 aliphatic heterocycles. The summed E-state index contributed by atoms with van der Waals surface area (Å²) < 4.78 is 32.6. The van der Waals surface area contributed by atoms with E-state index >= 15 is 0 Å². The van der Waals surface area contributed by atoms with Crippen LogP contribution in [-0.4, -0.2) is 36.3 Å². The average Bonchev–Trinajstić information content (AvgIpc) is 2.47. The van der Waals surface area contributed by atoms with Crippen LogP contribution in [0.2, 0.25) is 10.0 Å². The van der Waals surface area contributed by atoms with E-state index in [1.165, 1.54) is 0 Å². The van der Waals surface area contributed by atoms with Crippen LogP contribution < -0.4 is 9.50 Å². The molecule has 0 spiro atoms. The molecule has 27 heavy (non-hydrogen) atoms. The summed E-state index contributed by atoms with van der Waals surface area (Å²) in [7, 11) is -3.84. The van der Waals surface area contributed by atoms with Gasteiger partial charge in [0.2, 0.25) is 0 Å². The van der Waals surface area contributed by atoms with E-state index in [2.05, 4.69) is 15.3 Å². The SMILES string of the molecule is CC(C)(C)OC(=O)Nc1nc(OS(C)(=O)=O)cnc1-c1cccc(Cl)c1Cl. The zero-order valence-electron chi connectivity index (χ0n) is 14.9. The Morgan fingerprint density at radius 3 is 2.48 bits per heavy atom. The summed E-state index contributed by atoms with van der Waals surface area (Å²) in [4.78, 5) is 20.3. The number of carbonyl (C=O) groups is 1. The van der Waals surface area contributed by atoms with Crippen molar-refractivity contribution in [1.29, 1.82) is 0 Å². The van der Waals surface area contributed by atoms with Gasteiger partial charge in [0, 0.05) is 5.56 Å². The van der Waals surface area contributed by atoms with Gasteiger partial charge in [-0.2, -0.15) is 13.4 Å². The van der Waals surface area contributed by atoms with Crippen molar-refractivity contribution < 1.29 is 22.1 Å². The quantitative estimate of drug-likeness (QED) is 0.721. The van der Waals surface area contributed by atoms with Gasteiger partial charge in [-0.05, 0) is 26.8 Å². The van der Waals surface area contributed by atoms with Gasteiger partial charge in [0.05, 0.1) is 22.5 Å². The lowest BCUT2D eigenvalue weighted by Gasteiger charge is -2.20. The normalized spacial score (nSPS) is 11.8. The van der Waals surface area contributed by atoms with Crippen LogP contribution >= 0.6 is 23.2 Å². The first-order chi connectivity index (χ1) is 12.4. The maximum absolute atomic E-state index is 12.1. The Balaban J connectivity index is 2.52. The molecule has 1 aromatic heterocycles. The molecule has 1 aromatic carbocycles. The van der Waals surface area contributed by atoms with Crippen LogP contribution in [0, 0.1) is 0 Å². The first-order valence-electron chi connectivity index (χ1n) is 7.56. The lowest BCUT2D eigenvalue weighted by Crippen LogP contribution is -2.27. The Morgan fingerprint density at radius 2 is 1.89 bits per heavy atom. The van der Waals surface area contributed by atoms with E-state index in [1.807, 2.05) is 0 Å². The highest BCUT2D eigenvalue weighted by Gasteiger charge is 2.21. The van der Waals surface area contributed by atoms with Gasteiger partial charge in [-0.15, -0.1) is 0 Å². The molecule has 11 heteroatoms. The Morgan fingerprint density at radius 1 is 1.22 bits per heavy atom. The van der Waals surface area contributed by atoms with Gasteiger partial charge in [-0.1, -0.05) is 35.3 Å². The number of anilines is 1. The van der Waals surface area contributed by atoms with Gasteiger partial charge < -0.3 is 8.92 Å². The standard InChI is InChI=1S/C16H17Cl2N3O5S/c1-16(2,3)25-15(22)21-14-13(9-6-5-7-10(17)12(9)18)19-8-11(20-14)26-27(4,23)24/h5-8H,1-4H3,(H,20,21,22). The Bertz CT molecular complexity index is 975. The lowest BCUT2D eigenvalue weighted by atomic mass is 10.1. The van der Waals surface area contributed by atoms with E-state index in [0.29, 0.717) is 5.56 Å². The van der Waals surface area contributed by atoms with Crippen LogP contribution in [0.25, 0.3) is 11.3 Å². The van der Waals surface area contributed by atoms with Crippen LogP contribution in [0.5, 0.6) is 5.88 Å². The molecule has 0 aliphatic rings. The molecule has 2 aromatic rings. The third kappa shape index (κ3) is 6.23. The highest BCUT2D eigenvalue weighted by Crippen LogP contribution is 2.36. The zero-order chi connectivity index (χ0) is 20.4. The fourth-order valence-electron chi connectivity index (χ4n) is 1.94. The number of carbonyl (C=O) groups excluding carboxylic acids is 1. The molecule has 0 fully saturated rings. The molecule has 1 amide bonds. The number of nitrogens with one attached hydrogen (secondary N) is 1. The number of ether oxygens (including phenoxy) is 1. The molecule has 0 atom stereocenters. The highest BCUT2D eigenvalue weighted by atomic mass is 35.5. The van der Waals surface area contributed by atoms with E-state index in [0.717, 1.165) is 12.5 Å². The van der Waals surface area contributed by atoms with Crippen molar-refractivity contribution in [1.82, 2.24) is 9.97 Å². The number of benzene rings is 1. The zero-order valence-corrected chi connectivity index (χ0v) is 17.2. The molecule has 1 N–H and O–H groups in total. The summed E-state index contributed by atoms with van der Waals surface area (Å²) >= 11 is 12.2. The molecule has 0 bridgehead atoms. The molecule has 1 heterocycles. The second-order valence-electron chi connectivity index (χ2n) is 6.42. The summed E-state index contributed by atoms with van der Waals surface area (Å²) in [5.41, 5.74) is -0.213. The van der Waals surface area contributed by atoms with Crippen LogP contribution in [-0.2, 0) is 14.9 Å². The van der Waals surface area contributed by atoms with Gasteiger partial charge in [-0.25, -0.2) is 9.78 Å². The largest absolute Gasteiger partial charge is 0.444 e. The molecular formula is C16H17Cl2N3O5S. The van der Waals surface area contributed by atoms with Crippen molar-refractivity contribution in [2.24, 2.45) is 0 Å². The third-order valence-corrected chi connectivity index (χ3v) is 4.11. The number of halogens is 2. The minimum atomic E-state index is -3.84. The van der Waals surface area contributed by atoms with Gasteiger partial charge in [0.25, 0.3) is 5.88 Å². The third-order valence-electron chi connectivity index (χ3n) is 2.81. The summed E-state index contributed by atoms with van der Waals surface area (Å²) in [5, 5.41) is 2.89. The first kappa shape index (κ1) is 21.2. The molecule has 146 valence electrons. The first-order valence-corrected chi connectivity index (χ1v) is 10.1. The van der Waals surface area contributed by atoms with E-state index in [1.54, 1.807) is 39.0 Å².